The van der Waals surface area contributed by atoms with Crippen LogP contribution in [0.5, 0.6) is 0 Å². The lowest BCUT2D eigenvalue weighted by atomic mass is 9.98. The maximum Gasteiger partial charge on any atom is 0.407 e. The van der Waals surface area contributed by atoms with E-state index in [9.17, 15) is 4.79 Å². The first kappa shape index (κ1) is 11.3. The van der Waals surface area contributed by atoms with Gasteiger partial charge in [-0.3, -0.25) is 4.90 Å². The Labute approximate surface area is 106 Å². The van der Waals surface area contributed by atoms with Crippen LogP contribution in [0.3, 0.4) is 0 Å². The van der Waals surface area contributed by atoms with Crippen LogP contribution in [0.2, 0.25) is 0 Å². The summed E-state index contributed by atoms with van der Waals surface area (Å²) in [5.41, 5.74) is 9.42. The van der Waals surface area contributed by atoms with Gasteiger partial charge in [0.2, 0.25) is 0 Å². The average Bonchev–Trinajstić information content (AvgIpc) is 2.75. The summed E-state index contributed by atoms with van der Waals surface area (Å²) in [4.78, 5) is 13.3. The summed E-state index contributed by atoms with van der Waals surface area (Å²) in [5.74, 6) is 0. The van der Waals surface area contributed by atoms with Crippen molar-refractivity contribution in [3.63, 3.8) is 0 Å². The molecule has 1 aromatic rings. The topological polar surface area (TPSA) is 67.6 Å². The van der Waals surface area contributed by atoms with E-state index in [2.05, 4.69) is 16.3 Å². The first-order valence-electron chi connectivity index (χ1n) is 6.25. The predicted octanol–water partition coefficient (Wildman–Crippen LogP) is 0.735. The minimum Gasteiger partial charge on any atom is -0.443 e. The molecular weight excluding hydrogens is 230 g/mol. The van der Waals surface area contributed by atoms with E-state index in [1.54, 1.807) is 0 Å². The number of ether oxygens (including phenoxy) is 1. The lowest BCUT2D eigenvalue weighted by Gasteiger charge is -2.30. The van der Waals surface area contributed by atoms with Crippen molar-refractivity contribution >= 4 is 11.8 Å². The summed E-state index contributed by atoms with van der Waals surface area (Å²) in [5, 5.41) is 2.68. The molecule has 96 valence electrons. The standard InChI is InChI=1S/C13H17N3O2/c14-12-3-1-2-9-7-16(5-4-11(9)12)8-10-6-15-13(17)18-10/h1-3,10H,4-8,14H2,(H,15,17). The quantitative estimate of drug-likeness (QED) is 0.756. The number of nitrogen functional groups attached to an aromatic ring is 1. The van der Waals surface area contributed by atoms with Gasteiger partial charge < -0.3 is 15.8 Å². The van der Waals surface area contributed by atoms with Crippen LogP contribution in [0.1, 0.15) is 11.1 Å². The molecule has 5 heteroatoms. The van der Waals surface area contributed by atoms with E-state index in [0.717, 1.165) is 31.7 Å². The summed E-state index contributed by atoms with van der Waals surface area (Å²) in [7, 11) is 0. The number of fused-ring (bicyclic) bond motifs is 1. The molecule has 18 heavy (non-hydrogen) atoms. The summed E-state index contributed by atoms with van der Waals surface area (Å²) >= 11 is 0. The highest BCUT2D eigenvalue weighted by atomic mass is 16.6. The van der Waals surface area contributed by atoms with Crippen LogP contribution in [0.25, 0.3) is 0 Å². The van der Waals surface area contributed by atoms with Gasteiger partial charge in [0, 0.05) is 25.3 Å². The minimum atomic E-state index is -0.304. The van der Waals surface area contributed by atoms with Crippen molar-refractivity contribution in [3.8, 4) is 0 Å². The molecule has 0 spiro atoms. The summed E-state index contributed by atoms with van der Waals surface area (Å²) in [6.07, 6.45) is 0.637. The Hall–Kier alpha value is -1.75. The number of cyclic esters (lactones) is 1. The fourth-order valence-electron chi connectivity index (χ4n) is 2.67. The average molecular weight is 247 g/mol. The largest absolute Gasteiger partial charge is 0.443 e. The van der Waals surface area contributed by atoms with Crippen LogP contribution >= 0.6 is 0 Å². The molecule has 2 heterocycles. The number of hydrogen-bond acceptors (Lipinski definition) is 4. The molecule has 1 saturated heterocycles. The van der Waals surface area contributed by atoms with Crippen molar-refractivity contribution < 1.29 is 9.53 Å². The fourth-order valence-corrected chi connectivity index (χ4v) is 2.67. The smallest absolute Gasteiger partial charge is 0.407 e. The van der Waals surface area contributed by atoms with E-state index in [-0.39, 0.29) is 12.2 Å². The Bertz CT molecular complexity index is 475. The van der Waals surface area contributed by atoms with Gasteiger partial charge in [-0.2, -0.15) is 0 Å². The summed E-state index contributed by atoms with van der Waals surface area (Å²) < 4.78 is 5.16. The molecule has 1 atom stereocenters. The van der Waals surface area contributed by atoms with Crippen molar-refractivity contribution in [1.82, 2.24) is 10.2 Å². The number of alkyl carbamates (subject to hydrolysis) is 1. The Kier molecular flexibility index (Phi) is 2.83. The first-order valence-corrected chi connectivity index (χ1v) is 6.25. The molecular formula is C13H17N3O2. The van der Waals surface area contributed by atoms with Gasteiger partial charge in [0.25, 0.3) is 0 Å². The lowest BCUT2D eigenvalue weighted by molar-refractivity contribution is 0.104. The second kappa shape index (κ2) is 4.49. The van der Waals surface area contributed by atoms with Crippen LogP contribution in [-0.2, 0) is 17.7 Å². The second-order valence-electron chi connectivity index (χ2n) is 4.88. The zero-order valence-corrected chi connectivity index (χ0v) is 10.2. The van der Waals surface area contributed by atoms with Crippen molar-refractivity contribution in [1.29, 1.82) is 0 Å². The van der Waals surface area contributed by atoms with Gasteiger partial charge in [0.1, 0.15) is 6.10 Å². The lowest BCUT2D eigenvalue weighted by Crippen LogP contribution is -2.38. The van der Waals surface area contributed by atoms with Crippen molar-refractivity contribution in [3.05, 3.63) is 29.3 Å². The van der Waals surface area contributed by atoms with Gasteiger partial charge in [0.05, 0.1) is 6.54 Å². The fraction of sp³-hybridized carbons (Fsp3) is 0.462. The van der Waals surface area contributed by atoms with Crippen LogP contribution in [0.15, 0.2) is 18.2 Å². The van der Waals surface area contributed by atoms with E-state index in [4.69, 9.17) is 10.5 Å². The molecule has 0 radical (unpaired) electrons. The minimum absolute atomic E-state index is 0.0277. The third-order valence-corrected chi connectivity index (χ3v) is 3.59. The van der Waals surface area contributed by atoms with E-state index in [1.807, 2.05) is 12.1 Å². The van der Waals surface area contributed by atoms with Crippen molar-refractivity contribution in [2.75, 3.05) is 25.4 Å². The third kappa shape index (κ3) is 2.13. The van der Waals surface area contributed by atoms with E-state index < -0.39 is 0 Å². The highest BCUT2D eigenvalue weighted by Crippen LogP contribution is 2.24. The molecule has 3 N–H and O–H groups in total. The Morgan fingerprint density at radius 2 is 2.39 bits per heavy atom. The molecule has 0 bridgehead atoms. The van der Waals surface area contributed by atoms with E-state index >= 15 is 0 Å². The molecule has 1 aromatic carbocycles. The van der Waals surface area contributed by atoms with Crippen LogP contribution in [0.4, 0.5) is 10.5 Å². The van der Waals surface area contributed by atoms with Gasteiger partial charge in [0.15, 0.2) is 0 Å². The van der Waals surface area contributed by atoms with Crippen molar-refractivity contribution in [2.24, 2.45) is 0 Å². The first-order chi connectivity index (χ1) is 8.72. The number of hydrogen-bond donors (Lipinski definition) is 2. The number of rotatable bonds is 2. The number of nitrogens with one attached hydrogen (secondary N) is 1. The molecule has 3 rings (SSSR count). The summed E-state index contributed by atoms with van der Waals surface area (Å²) in [6.45, 7) is 3.25. The molecule has 1 amide bonds. The zero-order valence-electron chi connectivity index (χ0n) is 10.2. The molecule has 2 aliphatic heterocycles. The molecule has 0 aliphatic carbocycles. The highest BCUT2D eigenvalue weighted by molar-refractivity contribution is 5.69. The normalized spacial score (nSPS) is 23.3. The second-order valence-corrected chi connectivity index (χ2v) is 4.88. The Balaban J connectivity index is 1.66. The van der Waals surface area contributed by atoms with Crippen LogP contribution in [0, 0.1) is 0 Å². The zero-order chi connectivity index (χ0) is 12.5. The van der Waals surface area contributed by atoms with Crippen molar-refractivity contribution in [2.45, 2.75) is 19.1 Å². The highest BCUT2D eigenvalue weighted by Gasteiger charge is 2.26. The molecule has 1 unspecified atom stereocenters. The number of carbonyl (C=O) groups is 1. The third-order valence-electron chi connectivity index (χ3n) is 3.59. The number of nitrogens with zero attached hydrogens (tertiary/aromatic N) is 1. The summed E-state index contributed by atoms with van der Waals surface area (Å²) in [6, 6.07) is 6.07. The molecule has 0 aromatic heterocycles. The maximum absolute atomic E-state index is 11.0. The SMILES string of the molecule is Nc1cccc2c1CCN(CC1CNC(=O)O1)C2. The van der Waals surface area contributed by atoms with Gasteiger partial charge in [-0.25, -0.2) is 4.79 Å². The van der Waals surface area contributed by atoms with Crippen LogP contribution < -0.4 is 11.1 Å². The number of benzene rings is 1. The Morgan fingerprint density at radius 1 is 1.50 bits per heavy atom. The molecule has 2 aliphatic rings. The molecule has 1 fully saturated rings. The predicted molar refractivity (Wildman–Crippen MR) is 68.1 cm³/mol. The van der Waals surface area contributed by atoms with E-state index in [1.165, 1.54) is 11.1 Å². The van der Waals surface area contributed by atoms with Gasteiger partial charge in [-0.05, 0) is 23.6 Å². The van der Waals surface area contributed by atoms with Gasteiger partial charge in [-0.1, -0.05) is 12.1 Å². The number of carbonyl (C=O) groups excluding carboxylic acids is 1. The Morgan fingerprint density at radius 3 is 3.17 bits per heavy atom. The number of anilines is 1. The van der Waals surface area contributed by atoms with Gasteiger partial charge in [-0.15, -0.1) is 0 Å². The number of nitrogens with two attached hydrogens (primary N) is 1. The van der Waals surface area contributed by atoms with Crippen LogP contribution in [-0.4, -0.2) is 36.7 Å². The molecule has 0 saturated carbocycles. The monoisotopic (exact) mass is 247 g/mol. The van der Waals surface area contributed by atoms with Gasteiger partial charge >= 0.3 is 6.09 Å². The van der Waals surface area contributed by atoms with E-state index in [0.29, 0.717) is 6.54 Å². The number of amides is 1. The maximum atomic E-state index is 11.0. The molecule has 5 nitrogen and oxygen atoms in total.